The quantitative estimate of drug-likeness (QED) is 0.484. The van der Waals surface area contributed by atoms with Crippen LogP contribution in [0.4, 0.5) is 0 Å². The van der Waals surface area contributed by atoms with Gasteiger partial charge in [-0.2, -0.15) is 5.10 Å². The third kappa shape index (κ3) is 7.08. The SMILES string of the molecule is CCc1nn(CC(C)(C)COC(=O)c2ccc(S(=O)(=O)C3CCCC3)cc2)c2c1C(=O)NCCCOCCC2. The van der Waals surface area contributed by atoms with Crippen molar-refractivity contribution >= 4 is 21.7 Å². The van der Waals surface area contributed by atoms with Crippen LogP contribution in [0.5, 0.6) is 0 Å². The molecule has 39 heavy (non-hydrogen) atoms. The van der Waals surface area contributed by atoms with Crippen molar-refractivity contribution in [3.8, 4) is 0 Å². The highest BCUT2D eigenvalue weighted by Gasteiger charge is 2.31. The molecule has 2 aliphatic rings. The minimum absolute atomic E-state index is 0.0994. The number of hydrogen-bond acceptors (Lipinski definition) is 7. The molecular weight excluding hydrogens is 518 g/mol. The van der Waals surface area contributed by atoms with E-state index in [1.165, 1.54) is 24.3 Å². The summed E-state index contributed by atoms with van der Waals surface area (Å²) in [7, 11) is -3.37. The maximum Gasteiger partial charge on any atom is 0.338 e. The first-order chi connectivity index (χ1) is 18.6. The van der Waals surface area contributed by atoms with Gasteiger partial charge in [-0.3, -0.25) is 9.48 Å². The van der Waals surface area contributed by atoms with Gasteiger partial charge in [-0.25, -0.2) is 13.2 Å². The molecule has 1 fully saturated rings. The van der Waals surface area contributed by atoms with Crippen molar-refractivity contribution in [2.24, 2.45) is 5.41 Å². The average Bonchev–Trinajstić information content (AvgIpc) is 3.57. The first kappa shape index (κ1) is 29.3. The van der Waals surface area contributed by atoms with Gasteiger partial charge in [-0.15, -0.1) is 0 Å². The van der Waals surface area contributed by atoms with E-state index in [1.54, 1.807) is 0 Å². The van der Waals surface area contributed by atoms with Crippen LogP contribution in [-0.2, 0) is 38.7 Å². The lowest BCUT2D eigenvalue weighted by Crippen LogP contribution is -2.29. The van der Waals surface area contributed by atoms with E-state index in [0.29, 0.717) is 63.1 Å². The van der Waals surface area contributed by atoms with Crippen molar-refractivity contribution in [2.45, 2.75) is 88.8 Å². The molecular formula is C29H41N3O6S. The van der Waals surface area contributed by atoms with Crippen LogP contribution in [0.1, 0.15) is 91.4 Å². The van der Waals surface area contributed by atoms with Crippen LogP contribution in [0.2, 0.25) is 0 Å². The van der Waals surface area contributed by atoms with E-state index in [-0.39, 0.29) is 22.7 Å². The number of amides is 1. The van der Waals surface area contributed by atoms with Crippen molar-refractivity contribution in [3.05, 3.63) is 46.8 Å². The van der Waals surface area contributed by atoms with Gasteiger partial charge in [-0.1, -0.05) is 33.6 Å². The Balaban J connectivity index is 1.43. The number of esters is 1. The van der Waals surface area contributed by atoms with Crippen LogP contribution >= 0.6 is 0 Å². The van der Waals surface area contributed by atoms with Crippen LogP contribution in [0.25, 0.3) is 0 Å². The second kappa shape index (κ2) is 12.6. The number of nitrogens with one attached hydrogen (secondary N) is 1. The summed E-state index contributed by atoms with van der Waals surface area (Å²) in [4.78, 5) is 26.1. The molecule has 9 nitrogen and oxygen atoms in total. The summed E-state index contributed by atoms with van der Waals surface area (Å²) in [5.41, 5.74) is 2.15. The lowest BCUT2D eigenvalue weighted by atomic mass is 9.94. The number of carbonyl (C=O) groups excluding carboxylic acids is 2. The fourth-order valence-electron chi connectivity index (χ4n) is 5.32. The number of rotatable bonds is 8. The third-order valence-electron chi connectivity index (χ3n) is 7.48. The standard InChI is InChI=1S/C29H41N3O6S/c1-4-24-26-25(11-7-17-37-18-8-16-30-27(26)33)32(31-24)19-29(2,3)20-38-28(34)21-12-14-23(15-13-21)39(35,36)22-9-5-6-10-22/h12-15,22H,4-11,16-20H2,1-3H3,(H,30,33). The average molecular weight is 560 g/mol. The molecule has 0 saturated heterocycles. The topological polar surface area (TPSA) is 117 Å². The van der Waals surface area contributed by atoms with E-state index >= 15 is 0 Å². The Bertz CT molecular complexity index is 1260. The maximum atomic E-state index is 13.0. The molecule has 1 aliphatic heterocycles. The number of nitrogens with zero attached hydrogens (tertiary/aromatic N) is 2. The molecule has 1 aromatic carbocycles. The summed E-state index contributed by atoms with van der Waals surface area (Å²) in [5, 5.41) is 7.45. The lowest BCUT2D eigenvalue weighted by Gasteiger charge is -2.25. The number of sulfone groups is 1. The first-order valence-corrected chi connectivity index (χ1v) is 15.6. The third-order valence-corrected chi connectivity index (χ3v) is 9.76. The Hall–Kier alpha value is -2.72. The summed E-state index contributed by atoms with van der Waals surface area (Å²) in [6.07, 6.45) is 6.13. The summed E-state index contributed by atoms with van der Waals surface area (Å²) in [5.74, 6) is -0.601. The molecule has 1 saturated carbocycles. The maximum absolute atomic E-state index is 13.0. The normalized spacial score (nSPS) is 17.8. The molecule has 1 aromatic heterocycles. The predicted molar refractivity (Wildman–Crippen MR) is 148 cm³/mol. The highest BCUT2D eigenvalue weighted by Crippen LogP contribution is 2.30. The van der Waals surface area contributed by atoms with Gasteiger partial charge < -0.3 is 14.8 Å². The highest BCUT2D eigenvalue weighted by atomic mass is 32.2. The van der Waals surface area contributed by atoms with E-state index in [4.69, 9.17) is 14.6 Å². The van der Waals surface area contributed by atoms with Crippen LogP contribution in [0.3, 0.4) is 0 Å². The number of benzene rings is 1. The molecule has 4 rings (SSSR count). The van der Waals surface area contributed by atoms with E-state index < -0.39 is 21.2 Å². The van der Waals surface area contributed by atoms with Crippen LogP contribution in [-0.4, -0.2) is 61.7 Å². The molecule has 0 radical (unpaired) electrons. The molecule has 1 N–H and O–H groups in total. The number of aromatic nitrogens is 2. The molecule has 2 aromatic rings. The van der Waals surface area contributed by atoms with E-state index in [9.17, 15) is 18.0 Å². The zero-order chi connectivity index (χ0) is 28.0. The Morgan fingerprint density at radius 1 is 1.13 bits per heavy atom. The molecule has 214 valence electrons. The van der Waals surface area contributed by atoms with Gasteiger partial charge in [0.25, 0.3) is 5.91 Å². The summed E-state index contributed by atoms with van der Waals surface area (Å²) in [6, 6.07) is 6.06. The van der Waals surface area contributed by atoms with Crippen molar-refractivity contribution in [1.82, 2.24) is 15.1 Å². The molecule has 0 unspecified atom stereocenters. The zero-order valence-electron chi connectivity index (χ0n) is 23.3. The van der Waals surface area contributed by atoms with E-state index in [0.717, 1.165) is 37.1 Å². The molecule has 0 bridgehead atoms. The largest absolute Gasteiger partial charge is 0.461 e. The predicted octanol–water partition coefficient (Wildman–Crippen LogP) is 4.13. The zero-order valence-corrected chi connectivity index (χ0v) is 24.1. The monoisotopic (exact) mass is 559 g/mol. The van der Waals surface area contributed by atoms with Crippen molar-refractivity contribution in [3.63, 3.8) is 0 Å². The number of ether oxygens (including phenoxy) is 2. The Morgan fingerprint density at radius 3 is 2.51 bits per heavy atom. The smallest absolute Gasteiger partial charge is 0.338 e. The van der Waals surface area contributed by atoms with Gasteiger partial charge in [0.2, 0.25) is 0 Å². The fraction of sp³-hybridized carbons (Fsp3) is 0.621. The Morgan fingerprint density at radius 2 is 1.82 bits per heavy atom. The van der Waals surface area contributed by atoms with Gasteiger partial charge in [0.05, 0.1) is 39.3 Å². The van der Waals surface area contributed by atoms with Gasteiger partial charge in [0.1, 0.15) is 0 Å². The number of carbonyl (C=O) groups is 2. The van der Waals surface area contributed by atoms with Crippen molar-refractivity contribution in [1.29, 1.82) is 0 Å². The van der Waals surface area contributed by atoms with Gasteiger partial charge in [0, 0.05) is 31.7 Å². The number of hydrogen-bond donors (Lipinski definition) is 1. The Labute approximate surface area is 231 Å². The molecule has 1 aliphatic carbocycles. The van der Waals surface area contributed by atoms with Gasteiger partial charge >= 0.3 is 5.97 Å². The molecule has 2 heterocycles. The lowest BCUT2D eigenvalue weighted by molar-refractivity contribution is 0.0304. The summed E-state index contributed by atoms with van der Waals surface area (Å²) in [6.45, 7) is 8.39. The Kier molecular flexibility index (Phi) is 9.48. The first-order valence-electron chi connectivity index (χ1n) is 14.1. The minimum atomic E-state index is -3.37. The van der Waals surface area contributed by atoms with Crippen LogP contribution in [0.15, 0.2) is 29.2 Å². The summed E-state index contributed by atoms with van der Waals surface area (Å²) >= 11 is 0. The molecule has 0 atom stereocenters. The second-order valence-corrected chi connectivity index (χ2v) is 13.5. The minimum Gasteiger partial charge on any atom is -0.461 e. The fourth-order valence-corrected chi connectivity index (χ4v) is 7.18. The second-order valence-electron chi connectivity index (χ2n) is 11.3. The number of aryl methyl sites for hydroxylation is 1. The van der Waals surface area contributed by atoms with Crippen molar-refractivity contribution in [2.75, 3.05) is 26.4 Å². The highest BCUT2D eigenvalue weighted by molar-refractivity contribution is 7.92. The van der Waals surface area contributed by atoms with Gasteiger partial charge in [0.15, 0.2) is 9.84 Å². The van der Waals surface area contributed by atoms with E-state index in [2.05, 4.69) is 5.32 Å². The molecule has 0 spiro atoms. The van der Waals surface area contributed by atoms with Crippen molar-refractivity contribution < 1.29 is 27.5 Å². The summed E-state index contributed by atoms with van der Waals surface area (Å²) < 4.78 is 38.9. The number of fused-ring (bicyclic) bond motifs is 1. The molecule has 10 heteroatoms. The van der Waals surface area contributed by atoms with Crippen LogP contribution in [0, 0.1) is 5.41 Å². The van der Waals surface area contributed by atoms with Gasteiger partial charge in [-0.05, 0) is 62.8 Å². The van der Waals surface area contributed by atoms with Crippen LogP contribution < -0.4 is 5.32 Å². The van der Waals surface area contributed by atoms with E-state index in [1.807, 2.05) is 25.5 Å². The molecule has 1 amide bonds.